The summed E-state index contributed by atoms with van der Waals surface area (Å²) < 4.78 is 5.74. The van der Waals surface area contributed by atoms with Crippen LogP contribution in [0.3, 0.4) is 0 Å². The normalized spacial score (nSPS) is 10.7. The number of nitrogens with zero attached hydrogens (tertiary/aromatic N) is 1. The zero-order chi connectivity index (χ0) is 23.5. The van der Waals surface area contributed by atoms with Crippen LogP contribution in [0, 0.1) is 0 Å². The summed E-state index contributed by atoms with van der Waals surface area (Å²) in [4.78, 5) is 23.8. The number of hydrogen-bond acceptors (Lipinski definition) is 4. The summed E-state index contributed by atoms with van der Waals surface area (Å²) in [5.41, 5.74) is 4.85. The van der Waals surface area contributed by atoms with E-state index < -0.39 is 0 Å². The van der Waals surface area contributed by atoms with Crippen LogP contribution in [0.15, 0.2) is 77.9 Å². The van der Waals surface area contributed by atoms with Crippen molar-refractivity contribution in [3.8, 4) is 5.75 Å². The molecule has 0 bridgehead atoms. The Morgan fingerprint density at radius 1 is 0.879 bits per heavy atom. The molecule has 0 saturated heterocycles. The minimum Gasteiger partial charge on any atom is -0.489 e. The summed E-state index contributed by atoms with van der Waals surface area (Å²) >= 11 is 11.9. The number of carbonyl (C=O) groups excluding carboxylic acids is 2. The van der Waals surface area contributed by atoms with Gasteiger partial charge in [0, 0.05) is 34.1 Å². The molecule has 3 aromatic rings. The van der Waals surface area contributed by atoms with Gasteiger partial charge in [0.05, 0.1) is 6.21 Å². The first kappa shape index (κ1) is 24.3. The quantitative estimate of drug-likeness (QED) is 0.281. The summed E-state index contributed by atoms with van der Waals surface area (Å²) in [7, 11) is 0. The molecule has 170 valence electrons. The van der Waals surface area contributed by atoms with Crippen LogP contribution in [0.2, 0.25) is 10.0 Å². The van der Waals surface area contributed by atoms with E-state index in [4.69, 9.17) is 27.9 Å². The average molecular weight is 484 g/mol. The van der Waals surface area contributed by atoms with Gasteiger partial charge < -0.3 is 10.1 Å². The molecule has 2 N–H and O–H groups in total. The predicted molar refractivity (Wildman–Crippen MR) is 132 cm³/mol. The summed E-state index contributed by atoms with van der Waals surface area (Å²) in [6.45, 7) is 0.376. The maximum absolute atomic E-state index is 11.9. The van der Waals surface area contributed by atoms with Gasteiger partial charge in [-0.2, -0.15) is 5.10 Å². The second-order valence-corrected chi connectivity index (χ2v) is 7.99. The topological polar surface area (TPSA) is 79.8 Å². The van der Waals surface area contributed by atoms with Crippen LogP contribution < -0.4 is 15.5 Å². The number of hydrazone groups is 1. The molecule has 0 radical (unpaired) electrons. The van der Waals surface area contributed by atoms with Crippen LogP contribution in [0.4, 0.5) is 5.69 Å². The Kier molecular flexibility index (Phi) is 9.30. The Bertz CT molecular complexity index is 1100. The second-order valence-electron chi connectivity index (χ2n) is 7.15. The van der Waals surface area contributed by atoms with Gasteiger partial charge in [0.25, 0.3) is 0 Å². The van der Waals surface area contributed by atoms with Gasteiger partial charge in [0.15, 0.2) is 0 Å². The molecular weight excluding hydrogens is 461 g/mol. The molecule has 0 fully saturated rings. The molecule has 0 aliphatic heterocycles. The molecule has 0 aromatic heterocycles. The van der Waals surface area contributed by atoms with Crippen LogP contribution in [-0.2, 0) is 16.2 Å². The van der Waals surface area contributed by atoms with Crippen LogP contribution in [0.25, 0.3) is 0 Å². The SMILES string of the molecule is O=C(CCCC(=O)Nc1ccc(Cl)cc1)N/N=C/c1ccc(OCc2ccccc2Cl)cc1. The van der Waals surface area contributed by atoms with Crippen molar-refractivity contribution in [3.63, 3.8) is 0 Å². The molecule has 0 spiro atoms. The molecular formula is C25H23Cl2N3O3. The first-order chi connectivity index (χ1) is 16.0. The van der Waals surface area contributed by atoms with Gasteiger partial charge in [-0.3, -0.25) is 9.59 Å². The maximum Gasteiger partial charge on any atom is 0.240 e. The van der Waals surface area contributed by atoms with Gasteiger partial charge in [-0.05, 0) is 66.6 Å². The van der Waals surface area contributed by atoms with E-state index in [1.54, 1.807) is 30.5 Å². The second kappa shape index (κ2) is 12.6. The Balaban J connectivity index is 1.34. The number of ether oxygens (including phenoxy) is 1. The lowest BCUT2D eigenvalue weighted by Gasteiger charge is -2.07. The fraction of sp³-hybridized carbons (Fsp3) is 0.160. The first-order valence-electron chi connectivity index (χ1n) is 10.3. The molecule has 3 rings (SSSR count). The van der Waals surface area contributed by atoms with E-state index in [-0.39, 0.29) is 24.7 Å². The monoisotopic (exact) mass is 483 g/mol. The van der Waals surface area contributed by atoms with Crippen molar-refractivity contribution >= 4 is 46.9 Å². The number of hydrogen-bond donors (Lipinski definition) is 2. The lowest BCUT2D eigenvalue weighted by Crippen LogP contribution is -2.18. The maximum atomic E-state index is 11.9. The highest BCUT2D eigenvalue weighted by Gasteiger charge is 2.05. The van der Waals surface area contributed by atoms with Crippen molar-refractivity contribution in [2.75, 3.05) is 5.32 Å². The van der Waals surface area contributed by atoms with Crippen molar-refractivity contribution in [1.29, 1.82) is 0 Å². The Labute approximate surface area is 202 Å². The summed E-state index contributed by atoms with van der Waals surface area (Å²) in [5.74, 6) is 0.281. The van der Waals surface area contributed by atoms with Gasteiger partial charge in [0.1, 0.15) is 12.4 Å². The molecule has 2 amide bonds. The van der Waals surface area contributed by atoms with Crippen LogP contribution >= 0.6 is 23.2 Å². The summed E-state index contributed by atoms with van der Waals surface area (Å²) in [6.07, 6.45) is 2.39. The third kappa shape index (κ3) is 8.60. The van der Waals surface area contributed by atoms with E-state index in [1.807, 2.05) is 48.5 Å². The number of rotatable bonds is 10. The standard InChI is InChI=1S/C25H23Cl2N3O3/c26-20-10-12-21(13-11-20)29-24(31)6-3-7-25(32)30-28-16-18-8-14-22(15-9-18)33-17-19-4-1-2-5-23(19)27/h1-2,4-5,8-16H,3,6-7,17H2,(H,29,31)(H,30,32)/b28-16+. The van der Waals surface area contributed by atoms with Gasteiger partial charge in [-0.25, -0.2) is 5.43 Å². The third-order valence-corrected chi connectivity index (χ3v) is 5.19. The molecule has 0 saturated carbocycles. The molecule has 0 unspecified atom stereocenters. The van der Waals surface area contributed by atoms with Gasteiger partial charge in [0.2, 0.25) is 11.8 Å². The Morgan fingerprint density at radius 2 is 1.58 bits per heavy atom. The number of benzene rings is 3. The fourth-order valence-corrected chi connectivity index (χ4v) is 3.14. The Hall–Kier alpha value is -3.35. The smallest absolute Gasteiger partial charge is 0.240 e. The molecule has 33 heavy (non-hydrogen) atoms. The third-order valence-electron chi connectivity index (χ3n) is 4.57. The van der Waals surface area contributed by atoms with Crippen molar-refractivity contribution in [2.24, 2.45) is 5.10 Å². The number of carbonyl (C=O) groups is 2. The molecule has 6 nitrogen and oxygen atoms in total. The van der Waals surface area contributed by atoms with Crippen molar-refractivity contribution < 1.29 is 14.3 Å². The van der Waals surface area contributed by atoms with Gasteiger partial charge in [-0.15, -0.1) is 0 Å². The minimum atomic E-state index is -0.259. The minimum absolute atomic E-state index is 0.162. The molecule has 0 aliphatic carbocycles. The zero-order valence-corrected chi connectivity index (χ0v) is 19.3. The predicted octanol–water partition coefficient (Wildman–Crippen LogP) is 5.83. The number of nitrogens with one attached hydrogen (secondary N) is 2. The lowest BCUT2D eigenvalue weighted by molar-refractivity contribution is -0.121. The molecule has 3 aromatic carbocycles. The van der Waals surface area contributed by atoms with Gasteiger partial charge in [-0.1, -0.05) is 41.4 Å². The largest absolute Gasteiger partial charge is 0.489 e. The van der Waals surface area contributed by atoms with E-state index in [0.29, 0.717) is 34.5 Å². The van der Waals surface area contributed by atoms with Gasteiger partial charge >= 0.3 is 0 Å². The van der Waals surface area contributed by atoms with E-state index in [2.05, 4.69) is 15.8 Å². The number of amides is 2. The molecule has 8 heteroatoms. The van der Waals surface area contributed by atoms with E-state index in [1.165, 1.54) is 0 Å². The van der Waals surface area contributed by atoms with E-state index in [0.717, 1.165) is 11.1 Å². The fourth-order valence-electron chi connectivity index (χ4n) is 2.83. The van der Waals surface area contributed by atoms with Crippen molar-refractivity contribution in [3.05, 3.63) is 94.0 Å². The summed E-state index contributed by atoms with van der Waals surface area (Å²) in [5, 5.41) is 7.98. The average Bonchev–Trinajstić information content (AvgIpc) is 2.81. The van der Waals surface area contributed by atoms with E-state index >= 15 is 0 Å². The van der Waals surface area contributed by atoms with Crippen molar-refractivity contribution in [2.45, 2.75) is 25.9 Å². The first-order valence-corrected chi connectivity index (χ1v) is 11.1. The lowest BCUT2D eigenvalue weighted by atomic mass is 10.2. The highest BCUT2D eigenvalue weighted by Crippen LogP contribution is 2.19. The molecule has 0 aliphatic rings. The number of anilines is 1. The summed E-state index contributed by atoms with van der Waals surface area (Å²) in [6, 6.07) is 21.7. The van der Waals surface area contributed by atoms with E-state index in [9.17, 15) is 9.59 Å². The Morgan fingerprint density at radius 3 is 2.30 bits per heavy atom. The number of halogens is 2. The van der Waals surface area contributed by atoms with Crippen LogP contribution in [-0.4, -0.2) is 18.0 Å². The van der Waals surface area contributed by atoms with Crippen LogP contribution in [0.1, 0.15) is 30.4 Å². The highest BCUT2D eigenvalue weighted by atomic mass is 35.5. The molecule has 0 atom stereocenters. The van der Waals surface area contributed by atoms with Crippen LogP contribution in [0.5, 0.6) is 5.75 Å². The highest BCUT2D eigenvalue weighted by molar-refractivity contribution is 6.31. The zero-order valence-electron chi connectivity index (χ0n) is 17.8. The van der Waals surface area contributed by atoms with Crippen molar-refractivity contribution in [1.82, 2.24) is 5.43 Å². The molecule has 0 heterocycles.